The molecule has 5 rings (SSSR count). The maximum atomic E-state index is 14.4. The van der Waals surface area contributed by atoms with E-state index >= 15 is 0 Å². The predicted octanol–water partition coefficient (Wildman–Crippen LogP) is 6.77. The van der Waals surface area contributed by atoms with Gasteiger partial charge in [-0.3, -0.25) is 14.4 Å². The summed E-state index contributed by atoms with van der Waals surface area (Å²) in [7, 11) is 0. The normalized spacial score (nSPS) is 44.8. The van der Waals surface area contributed by atoms with Crippen molar-refractivity contribution in [1.29, 1.82) is 5.26 Å². The van der Waals surface area contributed by atoms with Crippen molar-refractivity contribution in [2.75, 3.05) is 6.61 Å². The molecule has 5 nitrogen and oxygen atoms in total. The van der Waals surface area contributed by atoms with Gasteiger partial charge < -0.3 is 4.74 Å². The van der Waals surface area contributed by atoms with E-state index in [9.17, 15) is 19.6 Å². The second kappa shape index (κ2) is 8.15. The number of esters is 1. The topological polar surface area (TPSA) is 84.2 Å². The van der Waals surface area contributed by atoms with Crippen LogP contribution in [0.1, 0.15) is 100 Å². The number of nitriles is 1. The van der Waals surface area contributed by atoms with Crippen LogP contribution in [0.4, 0.5) is 0 Å². The van der Waals surface area contributed by atoms with E-state index in [1.165, 1.54) is 0 Å². The van der Waals surface area contributed by atoms with Crippen molar-refractivity contribution < 1.29 is 19.1 Å². The van der Waals surface area contributed by atoms with Crippen LogP contribution in [0.3, 0.4) is 0 Å². The Labute approximate surface area is 228 Å². The van der Waals surface area contributed by atoms with Crippen molar-refractivity contribution >= 4 is 17.5 Å². The van der Waals surface area contributed by atoms with Crippen molar-refractivity contribution in [1.82, 2.24) is 0 Å². The SMILES string of the molecule is CCOC(=O)[C@]12CCC(C)(C)CC1C1C(=O)C=C3[C@@]4(C)C=C(C#N)C(=O)C(C)(C)C4CC[C@@]3(C)[C@]1(C)CC2. The Bertz CT molecular complexity index is 1220. The van der Waals surface area contributed by atoms with Crippen LogP contribution in [0.25, 0.3) is 0 Å². The Morgan fingerprint density at radius 3 is 2.32 bits per heavy atom. The van der Waals surface area contributed by atoms with Gasteiger partial charge in [-0.25, -0.2) is 0 Å². The summed E-state index contributed by atoms with van der Waals surface area (Å²) in [5.41, 5.74) is -1.02. The number of carbonyl (C=O) groups excluding carboxylic acids is 3. The van der Waals surface area contributed by atoms with E-state index in [0.717, 1.165) is 50.5 Å². The zero-order valence-electron chi connectivity index (χ0n) is 24.6. The molecule has 3 saturated carbocycles. The van der Waals surface area contributed by atoms with Gasteiger partial charge in [-0.05, 0) is 86.0 Å². The van der Waals surface area contributed by atoms with Crippen molar-refractivity contribution in [3.8, 4) is 6.07 Å². The minimum atomic E-state index is -0.670. The van der Waals surface area contributed by atoms with E-state index in [2.05, 4.69) is 40.7 Å². The summed E-state index contributed by atoms with van der Waals surface area (Å²) in [6.07, 6.45) is 9.69. The number of hydrogen-bond acceptors (Lipinski definition) is 5. The average molecular weight is 520 g/mol. The molecule has 0 aliphatic heterocycles. The third kappa shape index (κ3) is 3.24. The van der Waals surface area contributed by atoms with Crippen LogP contribution in [-0.2, 0) is 19.1 Å². The lowest BCUT2D eigenvalue weighted by Crippen LogP contribution is -2.66. The third-order valence-electron chi connectivity index (χ3n) is 12.5. The summed E-state index contributed by atoms with van der Waals surface area (Å²) < 4.78 is 5.70. The molecule has 206 valence electrons. The van der Waals surface area contributed by atoms with Gasteiger partial charge in [-0.2, -0.15) is 5.26 Å². The summed E-state index contributed by atoms with van der Waals surface area (Å²) in [6.45, 7) is 17.5. The molecule has 3 fully saturated rings. The van der Waals surface area contributed by atoms with Gasteiger partial charge in [0.05, 0.1) is 17.6 Å². The maximum Gasteiger partial charge on any atom is 0.312 e. The molecule has 0 radical (unpaired) electrons. The Morgan fingerprint density at radius 1 is 1.03 bits per heavy atom. The highest BCUT2D eigenvalue weighted by molar-refractivity contribution is 6.04. The van der Waals surface area contributed by atoms with Gasteiger partial charge in [0.25, 0.3) is 0 Å². The highest BCUT2D eigenvalue weighted by Crippen LogP contribution is 2.74. The maximum absolute atomic E-state index is 14.4. The predicted molar refractivity (Wildman–Crippen MR) is 146 cm³/mol. The first-order valence-corrected chi connectivity index (χ1v) is 14.7. The highest BCUT2D eigenvalue weighted by atomic mass is 16.5. The number of ketones is 2. The first-order chi connectivity index (χ1) is 17.5. The lowest BCUT2D eigenvalue weighted by molar-refractivity contribution is -0.192. The smallest absolute Gasteiger partial charge is 0.312 e. The number of rotatable bonds is 2. The lowest BCUT2D eigenvalue weighted by atomic mass is 9.34. The van der Waals surface area contributed by atoms with E-state index in [1.807, 2.05) is 32.9 Å². The molecule has 5 aliphatic carbocycles. The molecule has 0 saturated heterocycles. The fourth-order valence-electron chi connectivity index (χ4n) is 10.3. The van der Waals surface area contributed by atoms with Crippen molar-refractivity contribution in [3.63, 3.8) is 0 Å². The zero-order chi connectivity index (χ0) is 28.1. The summed E-state index contributed by atoms with van der Waals surface area (Å²) >= 11 is 0. The highest BCUT2D eigenvalue weighted by Gasteiger charge is 2.71. The minimum Gasteiger partial charge on any atom is -0.466 e. The molecule has 0 aromatic carbocycles. The Hall–Kier alpha value is -2.22. The van der Waals surface area contributed by atoms with Crippen LogP contribution < -0.4 is 0 Å². The summed E-state index contributed by atoms with van der Waals surface area (Å²) in [4.78, 5) is 41.3. The fraction of sp³-hybridized carbons (Fsp3) is 0.758. The number of ether oxygens (including phenoxy) is 1. The number of Topliss-reactive ketones (excluding diaryl/α,β-unsaturated/α-hetero) is 1. The molecule has 3 unspecified atom stereocenters. The number of fused-ring (bicyclic) bond motifs is 7. The minimum absolute atomic E-state index is 0.0303. The molecule has 38 heavy (non-hydrogen) atoms. The van der Waals surface area contributed by atoms with Gasteiger partial charge >= 0.3 is 5.97 Å². The van der Waals surface area contributed by atoms with Crippen LogP contribution in [-0.4, -0.2) is 24.1 Å². The lowest BCUT2D eigenvalue weighted by Gasteiger charge is -2.68. The number of carbonyl (C=O) groups is 3. The van der Waals surface area contributed by atoms with Crippen molar-refractivity contribution in [2.45, 2.75) is 100 Å². The van der Waals surface area contributed by atoms with E-state index in [-0.39, 0.29) is 57.1 Å². The first-order valence-electron chi connectivity index (χ1n) is 14.7. The van der Waals surface area contributed by atoms with Crippen LogP contribution >= 0.6 is 0 Å². The summed E-state index contributed by atoms with van der Waals surface area (Å²) in [5.74, 6) is -0.334. The first kappa shape index (κ1) is 27.4. The molecule has 7 atom stereocenters. The van der Waals surface area contributed by atoms with E-state index in [1.54, 1.807) is 0 Å². The number of allylic oxidation sites excluding steroid dienone is 4. The molecule has 5 aliphatic rings. The molecule has 0 bridgehead atoms. The Balaban J connectivity index is 1.69. The number of hydrogen-bond donors (Lipinski definition) is 0. The van der Waals surface area contributed by atoms with Crippen LogP contribution in [0.2, 0.25) is 0 Å². The largest absolute Gasteiger partial charge is 0.466 e. The average Bonchev–Trinajstić information content (AvgIpc) is 2.82. The van der Waals surface area contributed by atoms with Gasteiger partial charge in [0.15, 0.2) is 11.6 Å². The molecular weight excluding hydrogens is 474 g/mol. The van der Waals surface area contributed by atoms with E-state index < -0.39 is 16.2 Å². The van der Waals surface area contributed by atoms with Crippen LogP contribution in [0, 0.1) is 61.6 Å². The quantitative estimate of drug-likeness (QED) is 0.376. The third-order valence-corrected chi connectivity index (χ3v) is 12.5. The van der Waals surface area contributed by atoms with Crippen LogP contribution in [0.15, 0.2) is 23.3 Å². The summed E-state index contributed by atoms with van der Waals surface area (Å²) in [5, 5.41) is 9.88. The molecule has 5 heteroatoms. The number of nitrogens with zero attached hydrogens (tertiary/aromatic N) is 1. The second-order valence-electron chi connectivity index (χ2n) is 15.1. The summed E-state index contributed by atoms with van der Waals surface area (Å²) in [6, 6.07) is 2.18. The van der Waals surface area contributed by atoms with Gasteiger partial charge in [0, 0.05) is 16.7 Å². The monoisotopic (exact) mass is 519 g/mol. The van der Waals surface area contributed by atoms with E-state index in [4.69, 9.17) is 4.74 Å². The molecule has 0 heterocycles. The van der Waals surface area contributed by atoms with Crippen LogP contribution in [0.5, 0.6) is 0 Å². The Kier molecular flexibility index (Phi) is 5.87. The van der Waals surface area contributed by atoms with Gasteiger partial charge in [0.1, 0.15) is 6.07 Å². The van der Waals surface area contributed by atoms with Gasteiger partial charge in [0.2, 0.25) is 0 Å². The second-order valence-corrected chi connectivity index (χ2v) is 15.1. The molecule has 0 N–H and O–H groups in total. The van der Waals surface area contributed by atoms with Crippen molar-refractivity contribution in [2.24, 2.45) is 50.2 Å². The molecule has 0 amide bonds. The molecule has 0 aromatic rings. The molecule has 0 spiro atoms. The standard InChI is InChI=1S/C33H45NO4/c1-9-38-27(37)33-14-12-28(2,3)18-21(33)25-22(35)16-24-30(6)17-20(19-34)26(36)29(4,5)23(30)10-11-31(24,7)32(25,8)13-15-33/h16-17,21,23,25H,9-15,18H2,1-8H3/t21?,23?,25?,30-,31+,32+,33-/m0/s1. The zero-order valence-corrected chi connectivity index (χ0v) is 24.6. The van der Waals surface area contributed by atoms with Gasteiger partial charge in [-0.1, -0.05) is 60.1 Å². The fourth-order valence-corrected chi connectivity index (χ4v) is 10.3. The molecular formula is C33H45NO4. The van der Waals surface area contributed by atoms with Crippen molar-refractivity contribution in [3.05, 3.63) is 23.3 Å². The van der Waals surface area contributed by atoms with Gasteiger partial charge in [-0.15, -0.1) is 0 Å². The molecule has 0 aromatic heterocycles. The van der Waals surface area contributed by atoms with E-state index in [0.29, 0.717) is 6.61 Å². The Morgan fingerprint density at radius 2 is 1.68 bits per heavy atom.